The van der Waals surface area contributed by atoms with Crippen LogP contribution in [0.1, 0.15) is 21.7 Å². The van der Waals surface area contributed by atoms with Crippen LogP contribution < -0.4 is 9.80 Å². The number of hydrogen-bond donors (Lipinski definition) is 0. The summed E-state index contributed by atoms with van der Waals surface area (Å²) in [5.41, 5.74) is 2.87. The number of nitrogens with zero attached hydrogens (tertiary/aromatic N) is 3. The lowest BCUT2D eigenvalue weighted by Crippen LogP contribution is -2.30. The van der Waals surface area contributed by atoms with Crippen molar-refractivity contribution in [2.45, 2.75) is 23.5 Å². The maximum atomic E-state index is 13.4. The minimum atomic E-state index is -3.89. The first-order valence-corrected chi connectivity index (χ1v) is 12.1. The number of hydrogen-bond acceptors (Lipinski definition) is 6. The summed E-state index contributed by atoms with van der Waals surface area (Å²) in [6, 6.07) is 22.2. The molecule has 0 spiro atoms. The van der Waals surface area contributed by atoms with E-state index in [1.54, 1.807) is 36.5 Å². The third-order valence-electron chi connectivity index (χ3n) is 5.35. The van der Waals surface area contributed by atoms with E-state index in [1.165, 1.54) is 29.2 Å². The van der Waals surface area contributed by atoms with Gasteiger partial charge in [-0.15, -0.1) is 0 Å². The molecule has 174 valence electrons. The van der Waals surface area contributed by atoms with E-state index >= 15 is 0 Å². The Labute approximate surface area is 199 Å². The molecule has 0 aliphatic carbocycles. The van der Waals surface area contributed by atoms with Crippen LogP contribution >= 0.6 is 0 Å². The minimum Gasteiger partial charge on any atom is -0.439 e. The zero-order valence-electron chi connectivity index (χ0n) is 19.2. The molecule has 4 aromatic rings. The number of aromatic nitrogens is 1. The van der Waals surface area contributed by atoms with Gasteiger partial charge in [0, 0.05) is 26.0 Å². The lowest BCUT2D eigenvalue weighted by Gasteiger charge is -2.21. The van der Waals surface area contributed by atoms with Gasteiger partial charge in [0.25, 0.3) is 5.91 Å². The second-order valence-corrected chi connectivity index (χ2v) is 9.96. The number of pyridine rings is 1. The van der Waals surface area contributed by atoms with E-state index < -0.39 is 15.7 Å². The fourth-order valence-electron chi connectivity index (χ4n) is 3.40. The van der Waals surface area contributed by atoms with Crippen LogP contribution in [0.25, 0.3) is 0 Å². The lowest BCUT2D eigenvalue weighted by molar-refractivity contribution is 0.0952. The summed E-state index contributed by atoms with van der Waals surface area (Å²) in [5.74, 6) is -0.134. The number of furan rings is 1. The van der Waals surface area contributed by atoms with E-state index in [2.05, 4.69) is 4.98 Å². The van der Waals surface area contributed by atoms with Crippen molar-refractivity contribution in [2.24, 2.45) is 0 Å². The Hall–Kier alpha value is -3.91. The largest absolute Gasteiger partial charge is 0.439 e. The molecule has 34 heavy (non-hydrogen) atoms. The zero-order chi connectivity index (χ0) is 24.3. The lowest BCUT2D eigenvalue weighted by atomic mass is 10.1. The molecule has 0 aliphatic heterocycles. The Morgan fingerprint density at radius 2 is 1.62 bits per heavy atom. The molecule has 0 atom stereocenters. The Balaban J connectivity index is 1.65. The molecule has 8 heteroatoms. The van der Waals surface area contributed by atoms with Crippen LogP contribution in [0.2, 0.25) is 0 Å². The number of benzene rings is 2. The van der Waals surface area contributed by atoms with E-state index in [9.17, 15) is 13.2 Å². The molecule has 2 heterocycles. The van der Waals surface area contributed by atoms with Crippen LogP contribution in [0.5, 0.6) is 0 Å². The first kappa shape index (κ1) is 23.3. The molecule has 2 aromatic heterocycles. The van der Waals surface area contributed by atoms with Crippen molar-refractivity contribution in [1.29, 1.82) is 0 Å². The van der Waals surface area contributed by atoms with Crippen molar-refractivity contribution in [3.8, 4) is 0 Å². The standard InChI is InChI=1S/C26H25N3O4S/c1-19-7-13-22(14-8-19)34(31,32)25-16-15-23(33-25)26(30)29(24-6-4-5-17-27-24)18-20-9-11-21(12-10-20)28(2)3/h4-17H,18H2,1-3H3. The highest BCUT2D eigenvalue weighted by atomic mass is 32.2. The quantitative estimate of drug-likeness (QED) is 0.384. The van der Waals surface area contributed by atoms with Crippen LogP contribution in [0.15, 0.2) is 99.5 Å². The van der Waals surface area contributed by atoms with Gasteiger partial charge in [0.15, 0.2) is 5.76 Å². The molecule has 0 saturated carbocycles. The van der Waals surface area contributed by atoms with Gasteiger partial charge in [-0.05, 0) is 61.0 Å². The summed E-state index contributed by atoms with van der Waals surface area (Å²) in [5, 5.41) is -0.281. The van der Waals surface area contributed by atoms with Gasteiger partial charge in [0.05, 0.1) is 11.4 Å². The van der Waals surface area contributed by atoms with Crippen molar-refractivity contribution in [1.82, 2.24) is 4.98 Å². The molecule has 0 unspecified atom stereocenters. The van der Waals surface area contributed by atoms with Crippen LogP contribution in [0, 0.1) is 6.92 Å². The Morgan fingerprint density at radius 1 is 0.912 bits per heavy atom. The van der Waals surface area contributed by atoms with Gasteiger partial charge in [-0.25, -0.2) is 13.4 Å². The number of anilines is 2. The molecule has 0 bridgehead atoms. The number of sulfone groups is 1. The summed E-state index contributed by atoms with van der Waals surface area (Å²) >= 11 is 0. The van der Waals surface area contributed by atoms with Gasteiger partial charge < -0.3 is 9.32 Å². The molecule has 1 amide bonds. The highest BCUT2D eigenvalue weighted by Crippen LogP contribution is 2.26. The van der Waals surface area contributed by atoms with Gasteiger partial charge in [-0.3, -0.25) is 9.69 Å². The van der Waals surface area contributed by atoms with Gasteiger partial charge in [0.2, 0.25) is 14.9 Å². The predicted molar refractivity (Wildman–Crippen MR) is 131 cm³/mol. The van der Waals surface area contributed by atoms with E-state index in [4.69, 9.17) is 4.42 Å². The van der Waals surface area contributed by atoms with E-state index in [0.29, 0.717) is 5.82 Å². The Kier molecular flexibility index (Phi) is 6.51. The molecule has 0 radical (unpaired) electrons. The number of aryl methyl sites for hydroxylation is 1. The summed E-state index contributed by atoms with van der Waals surface area (Å²) < 4.78 is 31.5. The van der Waals surface area contributed by atoms with Gasteiger partial charge in [-0.2, -0.15) is 0 Å². The summed E-state index contributed by atoms with van der Waals surface area (Å²) in [6.07, 6.45) is 1.60. The predicted octanol–water partition coefficient (Wildman–Crippen LogP) is 4.73. The van der Waals surface area contributed by atoms with Crippen molar-refractivity contribution < 1.29 is 17.6 Å². The topological polar surface area (TPSA) is 83.7 Å². The smallest absolute Gasteiger partial charge is 0.295 e. The minimum absolute atomic E-state index is 0.0822. The maximum absolute atomic E-state index is 13.4. The number of amides is 1. The van der Waals surface area contributed by atoms with Crippen LogP contribution in [0.3, 0.4) is 0 Å². The van der Waals surface area contributed by atoms with Crippen molar-refractivity contribution in [3.05, 3.63) is 102 Å². The second-order valence-electron chi connectivity index (χ2n) is 8.08. The first-order chi connectivity index (χ1) is 16.3. The fourth-order valence-corrected chi connectivity index (χ4v) is 4.57. The van der Waals surface area contributed by atoms with E-state index in [-0.39, 0.29) is 22.3 Å². The van der Waals surface area contributed by atoms with E-state index in [1.807, 2.05) is 50.2 Å². The Bertz CT molecular complexity index is 1380. The molecule has 0 N–H and O–H groups in total. The maximum Gasteiger partial charge on any atom is 0.295 e. The highest BCUT2D eigenvalue weighted by molar-refractivity contribution is 7.91. The fraction of sp³-hybridized carbons (Fsp3) is 0.154. The summed E-state index contributed by atoms with van der Waals surface area (Å²) in [4.78, 5) is 21.3. The average molecular weight is 476 g/mol. The van der Waals surface area contributed by atoms with Crippen molar-refractivity contribution in [3.63, 3.8) is 0 Å². The first-order valence-electron chi connectivity index (χ1n) is 10.7. The normalized spacial score (nSPS) is 11.3. The highest BCUT2D eigenvalue weighted by Gasteiger charge is 2.27. The van der Waals surface area contributed by atoms with Crippen LogP contribution in [0.4, 0.5) is 11.5 Å². The zero-order valence-corrected chi connectivity index (χ0v) is 20.0. The van der Waals surface area contributed by atoms with E-state index in [0.717, 1.165) is 16.8 Å². The summed E-state index contributed by atoms with van der Waals surface area (Å²) in [7, 11) is 0.0242. The number of carbonyl (C=O) groups excluding carboxylic acids is 1. The van der Waals surface area contributed by atoms with Crippen molar-refractivity contribution in [2.75, 3.05) is 23.9 Å². The number of rotatable bonds is 7. The molecule has 2 aromatic carbocycles. The summed E-state index contributed by atoms with van der Waals surface area (Å²) in [6.45, 7) is 2.12. The third-order valence-corrected chi connectivity index (χ3v) is 6.99. The molecule has 7 nitrogen and oxygen atoms in total. The van der Waals surface area contributed by atoms with Crippen LogP contribution in [-0.2, 0) is 16.4 Å². The number of carbonyl (C=O) groups is 1. The van der Waals surface area contributed by atoms with Crippen LogP contribution in [-0.4, -0.2) is 33.4 Å². The average Bonchev–Trinajstić information content (AvgIpc) is 3.35. The molecule has 0 aliphatic rings. The molecule has 4 rings (SSSR count). The Morgan fingerprint density at radius 3 is 2.24 bits per heavy atom. The third kappa shape index (κ3) is 4.87. The second kappa shape index (κ2) is 9.52. The van der Waals surface area contributed by atoms with Crippen molar-refractivity contribution >= 4 is 27.2 Å². The molecular formula is C26H25N3O4S. The monoisotopic (exact) mass is 475 g/mol. The molecule has 0 fully saturated rings. The molecular weight excluding hydrogens is 450 g/mol. The van der Waals surface area contributed by atoms with Gasteiger partial charge in [0.1, 0.15) is 5.82 Å². The van der Waals surface area contributed by atoms with Gasteiger partial charge in [-0.1, -0.05) is 35.9 Å². The SMILES string of the molecule is Cc1ccc(S(=O)(=O)c2ccc(C(=O)N(Cc3ccc(N(C)C)cc3)c3ccccn3)o2)cc1. The molecule has 0 saturated heterocycles. The van der Waals surface area contributed by atoms with Gasteiger partial charge >= 0.3 is 0 Å².